The summed E-state index contributed by atoms with van der Waals surface area (Å²) >= 11 is 0. The molecule has 0 saturated carbocycles. The second-order valence-electron chi connectivity index (χ2n) is 4.43. The SMILES string of the molecule is CC(C)n1ncnc1CNCCC(=O)N(C)C. The molecule has 0 radical (unpaired) electrons. The van der Waals surface area contributed by atoms with E-state index in [1.807, 2.05) is 4.68 Å². The molecule has 0 bridgehead atoms. The summed E-state index contributed by atoms with van der Waals surface area (Å²) in [5.74, 6) is 1.03. The smallest absolute Gasteiger partial charge is 0.223 e. The number of hydrogen-bond acceptors (Lipinski definition) is 4. The fraction of sp³-hybridized carbons (Fsp3) is 0.727. The highest BCUT2D eigenvalue weighted by Crippen LogP contribution is 2.04. The number of aromatic nitrogens is 3. The molecule has 1 N–H and O–H groups in total. The third kappa shape index (κ3) is 4.14. The minimum Gasteiger partial charge on any atom is -0.349 e. The fourth-order valence-electron chi connectivity index (χ4n) is 1.45. The molecule has 1 aromatic heterocycles. The Hall–Kier alpha value is -1.43. The van der Waals surface area contributed by atoms with Crippen LogP contribution in [0, 0.1) is 0 Å². The van der Waals surface area contributed by atoms with Crippen molar-refractivity contribution in [2.75, 3.05) is 20.6 Å². The van der Waals surface area contributed by atoms with E-state index >= 15 is 0 Å². The third-order valence-electron chi connectivity index (χ3n) is 2.43. The quantitative estimate of drug-likeness (QED) is 0.731. The van der Waals surface area contributed by atoms with Gasteiger partial charge in [-0.15, -0.1) is 0 Å². The second-order valence-corrected chi connectivity index (χ2v) is 4.43. The molecule has 0 fully saturated rings. The van der Waals surface area contributed by atoms with Crippen molar-refractivity contribution in [3.8, 4) is 0 Å². The molecule has 0 aliphatic rings. The van der Waals surface area contributed by atoms with E-state index in [1.165, 1.54) is 0 Å². The van der Waals surface area contributed by atoms with E-state index in [9.17, 15) is 4.79 Å². The molecule has 0 aliphatic carbocycles. The van der Waals surface area contributed by atoms with Crippen molar-refractivity contribution in [1.82, 2.24) is 25.0 Å². The topological polar surface area (TPSA) is 63.1 Å². The molecule has 0 unspecified atom stereocenters. The van der Waals surface area contributed by atoms with Crippen LogP contribution in [-0.2, 0) is 11.3 Å². The molecule has 6 heteroatoms. The lowest BCUT2D eigenvalue weighted by Crippen LogP contribution is -2.27. The number of carbonyl (C=O) groups is 1. The number of nitrogens with zero attached hydrogens (tertiary/aromatic N) is 4. The van der Waals surface area contributed by atoms with Crippen LogP contribution in [0.1, 0.15) is 32.1 Å². The minimum absolute atomic E-state index is 0.128. The summed E-state index contributed by atoms with van der Waals surface area (Å²) in [6.45, 7) is 5.42. The van der Waals surface area contributed by atoms with E-state index in [0.29, 0.717) is 25.6 Å². The molecule has 0 aliphatic heterocycles. The molecular formula is C11H21N5O. The van der Waals surface area contributed by atoms with E-state index in [1.54, 1.807) is 25.3 Å². The van der Waals surface area contributed by atoms with Crippen molar-refractivity contribution in [3.05, 3.63) is 12.2 Å². The summed E-state index contributed by atoms with van der Waals surface area (Å²) in [7, 11) is 3.52. The normalized spacial score (nSPS) is 10.9. The monoisotopic (exact) mass is 239 g/mol. The van der Waals surface area contributed by atoms with E-state index in [4.69, 9.17) is 0 Å². The van der Waals surface area contributed by atoms with Gasteiger partial charge in [0.25, 0.3) is 0 Å². The number of rotatable bonds is 6. The molecule has 1 amide bonds. The summed E-state index contributed by atoms with van der Waals surface area (Å²) < 4.78 is 1.88. The van der Waals surface area contributed by atoms with Crippen LogP contribution in [0.5, 0.6) is 0 Å². The Kier molecular flexibility index (Phi) is 5.09. The summed E-state index contributed by atoms with van der Waals surface area (Å²) in [4.78, 5) is 17.1. The predicted octanol–water partition coefficient (Wildman–Crippen LogP) is 0.427. The van der Waals surface area contributed by atoms with Crippen molar-refractivity contribution >= 4 is 5.91 Å². The van der Waals surface area contributed by atoms with Crippen LogP contribution in [-0.4, -0.2) is 46.2 Å². The summed E-state index contributed by atoms with van der Waals surface area (Å²) in [6, 6.07) is 0.303. The molecular weight excluding hydrogens is 218 g/mol. The predicted molar refractivity (Wildman–Crippen MR) is 65.4 cm³/mol. The van der Waals surface area contributed by atoms with E-state index < -0.39 is 0 Å². The number of hydrogen-bond donors (Lipinski definition) is 1. The van der Waals surface area contributed by atoms with Crippen LogP contribution in [0.25, 0.3) is 0 Å². The molecule has 6 nitrogen and oxygen atoms in total. The van der Waals surface area contributed by atoms with Crippen molar-refractivity contribution < 1.29 is 4.79 Å². The molecule has 0 saturated heterocycles. The van der Waals surface area contributed by atoms with Crippen LogP contribution >= 0.6 is 0 Å². The number of amides is 1. The zero-order valence-electron chi connectivity index (χ0n) is 11.0. The van der Waals surface area contributed by atoms with Gasteiger partial charge in [0.1, 0.15) is 12.2 Å². The minimum atomic E-state index is 0.128. The molecule has 1 heterocycles. The molecule has 96 valence electrons. The maximum absolute atomic E-state index is 11.3. The lowest BCUT2D eigenvalue weighted by atomic mass is 10.3. The first-order valence-electron chi connectivity index (χ1n) is 5.81. The second kappa shape index (κ2) is 6.34. The lowest BCUT2D eigenvalue weighted by Gasteiger charge is -2.11. The molecule has 0 aromatic carbocycles. The van der Waals surface area contributed by atoms with Crippen LogP contribution in [0.4, 0.5) is 0 Å². The van der Waals surface area contributed by atoms with Crippen molar-refractivity contribution in [2.45, 2.75) is 32.9 Å². The highest BCUT2D eigenvalue weighted by Gasteiger charge is 2.07. The standard InChI is InChI=1S/C11H21N5O/c1-9(2)16-10(13-8-14-16)7-12-6-5-11(17)15(3)4/h8-9,12H,5-7H2,1-4H3. The first kappa shape index (κ1) is 13.6. The van der Waals surface area contributed by atoms with Gasteiger partial charge in [-0.05, 0) is 13.8 Å². The van der Waals surface area contributed by atoms with Gasteiger partial charge in [0.2, 0.25) is 5.91 Å². The van der Waals surface area contributed by atoms with Crippen molar-refractivity contribution in [1.29, 1.82) is 0 Å². The average Bonchev–Trinajstić information content (AvgIpc) is 2.72. The Morgan fingerprint density at radius 1 is 1.53 bits per heavy atom. The Bertz CT molecular complexity index is 358. The Balaban J connectivity index is 2.31. The first-order valence-corrected chi connectivity index (χ1v) is 5.81. The fourth-order valence-corrected chi connectivity index (χ4v) is 1.45. The van der Waals surface area contributed by atoms with Crippen LogP contribution < -0.4 is 5.32 Å². The number of carbonyl (C=O) groups excluding carboxylic acids is 1. The maximum Gasteiger partial charge on any atom is 0.223 e. The molecule has 1 rings (SSSR count). The molecule has 0 spiro atoms. The van der Waals surface area contributed by atoms with Gasteiger partial charge in [-0.3, -0.25) is 4.79 Å². The first-order chi connectivity index (χ1) is 8.02. The zero-order chi connectivity index (χ0) is 12.8. The van der Waals surface area contributed by atoms with Crippen molar-refractivity contribution in [2.24, 2.45) is 0 Å². The Morgan fingerprint density at radius 3 is 2.82 bits per heavy atom. The van der Waals surface area contributed by atoms with Crippen LogP contribution in [0.2, 0.25) is 0 Å². The zero-order valence-corrected chi connectivity index (χ0v) is 11.0. The highest BCUT2D eigenvalue weighted by atomic mass is 16.2. The van der Waals surface area contributed by atoms with Gasteiger partial charge in [-0.1, -0.05) is 0 Å². The van der Waals surface area contributed by atoms with E-state index in [0.717, 1.165) is 5.82 Å². The third-order valence-corrected chi connectivity index (χ3v) is 2.43. The van der Waals surface area contributed by atoms with Crippen molar-refractivity contribution in [3.63, 3.8) is 0 Å². The number of nitrogens with one attached hydrogen (secondary N) is 1. The Labute approximate surface area is 102 Å². The van der Waals surface area contributed by atoms with Gasteiger partial charge in [-0.25, -0.2) is 9.67 Å². The van der Waals surface area contributed by atoms with Gasteiger partial charge < -0.3 is 10.2 Å². The van der Waals surface area contributed by atoms with Crippen LogP contribution in [0.3, 0.4) is 0 Å². The van der Waals surface area contributed by atoms with Gasteiger partial charge in [-0.2, -0.15) is 5.10 Å². The molecule has 1 aromatic rings. The van der Waals surface area contributed by atoms with Gasteiger partial charge in [0.15, 0.2) is 0 Å². The largest absolute Gasteiger partial charge is 0.349 e. The van der Waals surface area contributed by atoms with Gasteiger partial charge in [0.05, 0.1) is 6.54 Å². The average molecular weight is 239 g/mol. The molecule has 17 heavy (non-hydrogen) atoms. The van der Waals surface area contributed by atoms with Gasteiger partial charge in [0, 0.05) is 33.1 Å². The van der Waals surface area contributed by atoms with E-state index in [-0.39, 0.29) is 5.91 Å². The lowest BCUT2D eigenvalue weighted by molar-refractivity contribution is -0.128. The summed E-state index contributed by atoms with van der Waals surface area (Å²) in [6.07, 6.45) is 2.06. The van der Waals surface area contributed by atoms with E-state index in [2.05, 4.69) is 29.2 Å². The highest BCUT2D eigenvalue weighted by molar-refractivity contribution is 5.75. The maximum atomic E-state index is 11.3. The molecule has 0 atom stereocenters. The Morgan fingerprint density at radius 2 is 2.24 bits per heavy atom. The van der Waals surface area contributed by atoms with Crippen LogP contribution in [0.15, 0.2) is 6.33 Å². The van der Waals surface area contributed by atoms with Gasteiger partial charge >= 0.3 is 0 Å². The summed E-state index contributed by atoms with van der Waals surface area (Å²) in [5.41, 5.74) is 0. The summed E-state index contributed by atoms with van der Waals surface area (Å²) in [5, 5.41) is 7.35.